The summed E-state index contributed by atoms with van der Waals surface area (Å²) in [6, 6.07) is 3.51. The molecule has 0 bridgehead atoms. The van der Waals surface area contributed by atoms with Crippen molar-refractivity contribution in [3.05, 3.63) is 23.3 Å². The zero-order valence-corrected chi connectivity index (χ0v) is 23.5. The van der Waals surface area contributed by atoms with Gasteiger partial charge in [0.05, 0.1) is 12.2 Å². The summed E-state index contributed by atoms with van der Waals surface area (Å²) in [7, 11) is 0. The Hall–Kier alpha value is -1.97. The second-order valence-corrected chi connectivity index (χ2v) is 11.4. The molecule has 0 radical (unpaired) electrons. The molecule has 3 atom stereocenters. The molecule has 1 aliphatic rings. The van der Waals surface area contributed by atoms with Crippen molar-refractivity contribution in [1.29, 1.82) is 0 Å². The predicted octanol–water partition coefficient (Wildman–Crippen LogP) is 6.77. The molecular formula is C28H40N2O5S2. The molecule has 1 fully saturated rings. The van der Waals surface area contributed by atoms with Crippen molar-refractivity contribution in [1.82, 2.24) is 4.98 Å². The van der Waals surface area contributed by atoms with Crippen molar-refractivity contribution < 1.29 is 23.5 Å². The number of hydrogen-bond donors (Lipinski definition) is 2. The lowest BCUT2D eigenvalue weighted by Crippen LogP contribution is -2.46. The van der Waals surface area contributed by atoms with Crippen LogP contribution < -0.4 is 5.73 Å². The fourth-order valence-corrected chi connectivity index (χ4v) is 6.10. The number of nitrogens with zero attached hydrogens (tertiary/aromatic N) is 1. The van der Waals surface area contributed by atoms with Crippen LogP contribution in [0.25, 0.3) is 11.5 Å². The monoisotopic (exact) mass is 548 g/mol. The summed E-state index contributed by atoms with van der Waals surface area (Å²) in [4.78, 5) is 44.0. The number of Topliss-reactive ketones (excluding diaryl/α,β-unsaturated/α-hetero) is 3. The number of rotatable bonds is 17. The number of nitrogens with two attached hydrogens (primary N) is 1. The summed E-state index contributed by atoms with van der Waals surface area (Å²) in [5.41, 5.74) is 5.46. The Morgan fingerprint density at radius 2 is 1.70 bits per heavy atom. The molecule has 204 valence electrons. The summed E-state index contributed by atoms with van der Waals surface area (Å²) in [6.07, 6.45) is 16.6. The highest BCUT2D eigenvalue weighted by Crippen LogP contribution is 2.40. The highest BCUT2D eigenvalue weighted by molar-refractivity contribution is 7.81. The molecular weight excluding hydrogens is 508 g/mol. The van der Waals surface area contributed by atoms with E-state index in [-0.39, 0.29) is 6.61 Å². The maximum Gasteiger partial charge on any atom is 0.189 e. The zero-order chi connectivity index (χ0) is 26.6. The molecule has 0 saturated carbocycles. The molecule has 2 N–H and O–H groups in total. The Labute approximate surface area is 229 Å². The van der Waals surface area contributed by atoms with E-state index in [1.54, 1.807) is 12.1 Å². The number of carbonyl (C=O) groups excluding carboxylic acids is 3. The first-order valence-electron chi connectivity index (χ1n) is 13.6. The van der Waals surface area contributed by atoms with Gasteiger partial charge in [-0.2, -0.15) is 0 Å². The maximum atomic E-state index is 13.7. The average Bonchev–Trinajstić information content (AvgIpc) is 3.54. The number of aromatic nitrogens is 1. The topological polar surface area (TPSA) is 112 Å². The van der Waals surface area contributed by atoms with Gasteiger partial charge in [-0.15, -0.1) is 24.0 Å². The Morgan fingerprint density at radius 1 is 1.08 bits per heavy atom. The number of carbonyl (C=O) groups is 3. The van der Waals surface area contributed by atoms with Gasteiger partial charge in [0.25, 0.3) is 0 Å². The van der Waals surface area contributed by atoms with Crippen LogP contribution in [0, 0.1) is 5.92 Å². The van der Waals surface area contributed by atoms with Crippen LogP contribution in [0.2, 0.25) is 0 Å². The van der Waals surface area contributed by atoms with Crippen LogP contribution in [-0.2, 0) is 19.1 Å². The smallest absolute Gasteiger partial charge is 0.189 e. The quantitative estimate of drug-likeness (QED) is 0.127. The summed E-state index contributed by atoms with van der Waals surface area (Å²) >= 11 is 5.33. The van der Waals surface area contributed by atoms with Crippen LogP contribution in [0.4, 0.5) is 5.13 Å². The summed E-state index contributed by atoms with van der Waals surface area (Å²) in [5, 5.41) is 0.311. The van der Waals surface area contributed by atoms with E-state index < -0.39 is 34.6 Å². The first-order chi connectivity index (χ1) is 17.9. The van der Waals surface area contributed by atoms with Gasteiger partial charge in [-0.05, 0) is 18.6 Å². The second kappa shape index (κ2) is 15.4. The number of furan rings is 1. The third-order valence-corrected chi connectivity index (χ3v) is 8.35. The van der Waals surface area contributed by atoms with E-state index in [0.717, 1.165) is 19.3 Å². The molecule has 0 aromatic carbocycles. The minimum atomic E-state index is -1.37. The number of ether oxygens (including phenoxy) is 1. The van der Waals surface area contributed by atoms with Crippen molar-refractivity contribution >= 4 is 46.4 Å². The van der Waals surface area contributed by atoms with E-state index in [0.29, 0.717) is 27.9 Å². The second-order valence-electron chi connectivity index (χ2n) is 9.84. The number of nitrogen functional groups attached to an aromatic ring is 1. The van der Waals surface area contributed by atoms with E-state index in [2.05, 4.69) is 24.5 Å². The fraction of sp³-hybridized carbons (Fsp3) is 0.643. The Balaban J connectivity index is 1.60. The summed E-state index contributed by atoms with van der Waals surface area (Å²) in [6.45, 7) is 1.95. The van der Waals surface area contributed by atoms with E-state index >= 15 is 0 Å². The highest BCUT2D eigenvalue weighted by atomic mass is 32.1. The molecule has 3 heterocycles. The van der Waals surface area contributed by atoms with Crippen LogP contribution in [-0.4, -0.2) is 34.4 Å². The molecule has 1 saturated heterocycles. The van der Waals surface area contributed by atoms with Gasteiger partial charge in [0.2, 0.25) is 0 Å². The lowest BCUT2D eigenvalue weighted by Gasteiger charge is -2.26. The van der Waals surface area contributed by atoms with Crippen molar-refractivity contribution in [2.45, 2.75) is 102 Å². The Kier molecular flexibility index (Phi) is 12.3. The van der Waals surface area contributed by atoms with Crippen molar-refractivity contribution in [3.8, 4) is 11.5 Å². The van der Waals surface area contributed by atoms with Gasteiger partial charge in [0, 0.05) is 4.88 Å². The Morgan fingerprint density at radius 3 is 2.30 bits per heavy atom. The van der Waals surface area contributed by atoms with Crippen molar-refractivity contribution in [3.63, 3.8) is 0 Å². The van der Waals surface area contributed by atoms with E-state index in [4.69, 9.17) is 14.9 Å². The van der Waals surface area contributed by atoms with Crippen molar-refractivity contribution in [2.75, 3.05) is 12.3 Å². The van der Waals surface area contributed by atoms with Crippen LogP contribution in [0.1, 0.15) is 101 Å². The minimum absolute atomic E-state index is 0.294. The third kappa shape index (κ3) is 8.52. The number of ketones is 3. The molecule has 37 heavy (non-hydrogen) atoms. The first kappa shape index (κ1) is 29.6. The molecule has 2 aromatic heterocycles. The van der Waals surface area contributed by atoms with Crippen LogP contribution >= 0.6 is 24.0 Å². The predicted molar refractivity (Wildman–Crippen MR) is 150 cm³/mol. The number of thiazole rings is 1. The number of unbranched alkanes of at least 4 members (excludes halogenated alkanes) is 11. The van der Waals surface area contributed by atoms with Gasteiger partial charge in [-0.3, -0.25) is 14.4 Å². The van der Waals surface area contributed by atoms with Gasteiger partial charge in [-0.25, -0.2) is 4.98 Å². The molecule has 2 aromatic rings. The molecule has 7 nitrogen and oxygen atoms in total. The minimum Gasteiger partial charge on any atom is -0.463 e. The largest absolute Gasteiger partial charge is 0.463 e. The zero-order valence-electron chi connectivity index (χ0n) is 21.8. The molecule has 1 aliphatic heterocycles. The lowest BCUT2D eigenvalue weighted by atomic mass is 9.82. The Bertz CT molecular complexity index is 1000. The highest BCUT2D eigenvalue weighted by Gasteiger charge is 2.45. The van der Waals surface area contributed by atoms with Gasteiger partial charge in [0.15, 0.2) is 33.7 Å². The standard InChI is InChI=1S/C28H40N2O5S2/c1-2-3-4-5-6-7-8-9-10-11-12-13-15-19(24(32)22-20(31)18-35-27(36)25(22)33)26-23(30-28(29)37-26)21-16-14-17-34-21/h14,16-17,19,22,27,36H,2-13,15,18H2,1H3,(H2,29,30). The molecule has 0 spiro atoms. The summed E-state index contributed by atoms with van der Waals surface area (Å²) in [5.74, 6) is -3.07. The van der Waals surface area contributed by atoms with Crippen molar-refractivity contribution in [2.24, 2.45) is 5.92 Å². The molecule has 0 aliphatic carbocycles. The number of hydrogen-bond acceptors (Lipinski definition) is 9. The van der Waals surface area contributed by atoms with Gasteiger partial charge < -0.3 is 14.9 Å². The van der Waals surface area contributed by atoms with E-state index in [9.17, 15) is 14.4 Å². The van der Waals surface area contributed by atoms with E-state index in [1.807, 2.05) is 0 Å². The van der Waals surface area contributed by atoms with Gasteiger partial charge in [0.1, 0.15) is 18.2 Å². The van der Waals surface area contributed by atoms with Crippen LogP contribution in [0.3, 0.4) is 0 Å². The van der Waals surface area contributed by atoms with E-state index in [1.165, 1.54) is 75.4 Å². The maximum absolute atomic E-state index is 13.7. The molecule has 0 amide bonds. The van der Waals surface area contributed by atoms with Crippen LogP contribution in [0.15, 0.2) is 22.8 Å². The average molecular weight is 549 g/mol. The fourth-order valence-electron chi connectivity index (χ4n) is 4.89. The number of thiol groups is 1. The molecule has 9 heteroatoms. The third-order valence-electron chi connectivity index (χ3n) is 6.95. The summed E-state index contributed by atoms with van der Waals surface area (Å²) < 4.78 is 10.6. The lowest BCUT2D eigenvalue weighted by molar-refractivity contribution is -0.151. The molecule has 3 unspecified atom stereocenters. The SMILES string of the molecule is CCCCCCCCCCCCCCC(C(=O)C1C(=O)COC(S)C1=O)c1sc(N)nc1-c1ccco1. The number of anilines is 1. The van der Waals surface area contributed by atoms with Crippen LogP contribution in [0.5, 0.6) is 0 Å². The van der Waals surface area contributed by atoms with Gasteiger partial charge in [-0.1, -0.05) is 84.0 Å². The first-order valence-corrected chi connectivity index (χ1v) is 15.0. The normalized spacial score (nSPS) is 18.9. The molecule has 3 rings (SSSR count). The van der Waals surface area contributed by atoms with Gasteiger partial charge >= 0.3 is 0 Å².